The number of hydrogen-bond donors (Lipinski definition) is 1. The van der Waals surface area contributed by atoms with Crippen LogP contribution in [0.25, 0.3) is 10.9 Å². The fraction of sp³-hybridized carbons (Fsp3) is 0.286. The lowest BCUT2D eigenvalue weighted by Gasteiger charge is -2.17. The third kappa shape index (κ3) is 3.83. The van der Waals surface area contributed by atoms with Gasteiger partial charge in [-0.1, -0.05) is 35.3 Å². The molecule has 0 saturated carbocycles. The molecule has 0 fully saturated rings. The van der Waals surface area contributed by atoms with E-state index in [4.69, 9.17) is 32.7 Å². The van der Waals surface area contributed by atoms with Crippen molar-refractivity contribution in [2.45, 2.75) is 26.5 Å². The Bertz CT molecular complexity index is 1010. The molecule has 0 bridgehead atoms. The Morgan fingerprint density at radius 3 is 2.50 bits per heavy atom. The highest BCUT2D eigenvalue weighted by Gasteiger charge is 2.23. The Balaban J connectivity index is 2.20. The van der Waals surface area contributed by atoms with Gasteiger partial charge in [0, 0.05) is 21.7 Å². The van der Waals surface area contributed by atoms with Gasteiger partial charge in [-0.05, 0) is 43.7 Å². The topological polar surface area (TPSA) is 60.7 Å². The van der Waals surface area contributed by atoms with Crippen molar-refractivity contribution in [3.63, 3.8) is 0 Å². The van der Waals surface area contributed by atoms with Crippen molar-refractivity contribution in [3.05, 3.63) is 63.3 Å². The minimum absolute atomic E-state index is 0.0846. The first kappa shape index (κ1) is 20.5. The van der Waals surface area contributed by atoms with E-state index in [0.29, 0.717) is 33.5 Å². The molecule has 0 aliphatic heterocycles. The second-order valence-corrected chi connectivity index (χ2v) is 7.19. The van der Waals surface area contributed by atoms with Gasteiger partial charge in [0.25, 0.3) is 0 Å². The van der Waals surface area contributed by atoms with Crippen LogP contribution in [-0.2, 0) is 16.0 Å². The molecule has 1 unspecified atom stereocenters. The predicted octanol–water partition coefficient (Wildman–Crippen LogP) is 4.91. The van der Waals surface area contributed by atoms with Crippen molar-refractivity contribution in [3.8, 4) is 5.75 Å². The Labute approximate surface area is 173 Å². The van der Waals surface area contributed by atoms with Gasteiger partial charge in [0.2, 0.25) is 0 Å². The molecule has 3 aromatic rings. The summed E-state index contributed by atoms with van der Waals surface area (Å²) in [6, 6.07) is 10.5. The summed E-state index contributed by atoms with van der Waals surface area (Å²) >= 11 is 12.3. The molecule has 1 aromatic heterocycles. The van der Waals surface area contributed by atoms with E-state index in [1.807, 2.05) is 6.92 Å². The fourth-order valence-corrected chi connectivity index (χ4v) is 3.70. The van der Waals surface area contributed by atoms with Gasteiger partial charge in [-0.2, -0.15) is 0 Å². The molecule has 0 amide bonds. The van der Waals surface area contributed by atoms with Gasteiger partial charge < -0.3 is 19.1 Å². The third-order valence-electron chi connectivity index (χ3n) is 4.69. The summed E-state index contributed by atoms with van der Waals surface area (Å²) in [5.41, 5.74) is 2.87. The van der Waals surface area contributed by atoms with Gasteiger partial charge in [0.05, 0.1) is 30.7 Å². The van der Waals surface area contributed by atoms with Crippen molar-refractivity contribution in [1.29, 1.82) is 0 Å². The Morgan fingerprint density at radius 1 is 1.21 bits per heavy atom. The number of aliphatic hydroxyl groups is 1. The van der Waals surface area contributed by atoms with Crippen LogP contribution in [0.5, 0.6) is 5.75 Å². The smallest absolute Gasteiger partial charge is 0.310 e. The molecule has 0 spiro atoms. The van der Waals surface area contributed by atoms with E-state index in [1.165, 1.54) is 7.11 Å². The van der Waals surface area contributed by atoms with Crippen molar-refractivity contribution >= 4 is 40.1 Å². The predicted molar refractivity (Wildman–Crippen MR) is 110 cm³/mol. The largest absolute Gasteiger partial charge is 0.495 e. The first-order valence-corrected chi connectivity index (χ1v) is 9.59. The molecular formula is C21H21Cl2NO4. The lowest BCUT2D eigenvalue weighted by atomic mass is 10.1. The molecule has 0 radical (unpaired) electrons. The highest BCUT2D eigenvalue weighted by atomic mass is 35.5. The number of ether oxygens (including phenoxy) is 2. The number of rotatable bonds is 6. The van der Waals surface area contributed by atoms with Gasteiger partial charge in [0.15, 0.2) is 6.23 Å². The zero-order valence-corrected chi connectivity index (χ0v) is 17.3. The maximum Gasteiger partial charge on any atom is 0.310 e. The van der Waals surface area contributed by atoms with Gasteiger partial charge in [-0.3, -0.25) is 4.79 Å². The number of benzene rings is 2. The minimum Gasteiger partial charge on any atom is -0.495 e. The maximum atomic E-state index is 12.2. The first-order chi connectivity index (χ1) is 13.4. The molecular weight excluding hydrogens is 401 g/mol. The number of esters is 1. The summed E-state index contributed by atoms with van der Waals surface area (Å²) in [6.07, 6.45) is -0.887. The second-order valence-electron chi connectivity index (χ2n) is 6.34. The van der Waals surface area contributed by atoms with Crippen LogP contribution in [0, 0.1) is 6.92 Å². The maximum absolute atomic E-state index is 12.2. The number of carbonyl (C=O) groups excluding carboxylic acids is 1. The molecule has 1 heterocycles. The molecule has 1 N–H and O–H groups in total. The SMILES string of the molecule is CCOC(=O)Cc1c(C)n(C(O)c2ccc(Cl)cc2)c2cc(Cl)c(OC)cc12. The van der Waals surface area contributed by atoms with E-state index in [1.54, 1.807) is 47.9 Å². The summed E-state index contributed by atoms with van der Waals surface area (Å²) in [5, 5.41) is 12.8. The van der Waals surface area contributed by atoms with E-state index < -0.39 is 6.23 Å². The number of methoxy groups -OCH3 is 1. The Morgan fingerprint density at radius 2 is 1.89 bits per heavy atom. The van der Waals surface area contributed by atoms with Crippen LogP contribution in [0.4, 0.5) is 0 Å². The molecule has 2 aromatic carbocycles. The Kier molecular flexibility index (Phi) is 6.18. The summed E-state index contributed by atoms with van der Waals surface area (Å²) in [6.45, 7) is 3.92. The number of halogens is 2. The molecule has 7 heteroatoms. The summed E-state index contributed by atoms with van der Waals surface area (Å²) in [5.74, 6) is 0.164. The highest BCUT2D eigenvalue weighted by molar-refractivity contribution is 6.33. The summed E-state index contributed by atoms with van der Waals surface area (Å²) in [7, 11) is 1.53. The van der Waals surface area contributed by atoms with Crippen LogP contribution in [0.3, 0.4) is 0 Å². The number of hydrogen-bond acceptors (Lipinski definition) is 4. The zero-order valence-electron chi connectivity index (χ0n) is 15.8. The fourth-order valence-electron chi connectivity index (χ4n) is 3.34. The monoisotopic (exact) mass is 421 g/mol. The van der Waals surface area contributed by atoms with Crippen molar-refractivity contribution in [2.24, 2.45) is 0 Å². The van der Waals surface area contributed by atoms with E-state index in [2.05, 4.69) is 0 Å². The lowest BCUT2D eigenvalue weighted by Crippen LogP contribution is -2.13. The molecule has 0 saturated heterocycles. The second kappa shape index (κ2) is 8.43. The molecule has 1 atom stereocenters. The molecule has 28 heavy (non-hydrogen) atoms. The van der Waals surface area contributed by atoms with E-state index in [-0.39, 0.29) is 12.4 Å². The Hall–Kier alpha value is -2.21. The van der Waals surface area contributed by atoms with Gasteiger partial charge in [0.1, 0.15) is 5.75 Å². The number of fused-ring (bicyclic) bond motifs is 1. The third-order valence-corrected chi connectivity index (χ3v) is 5.24. The van der Waals surface area contributed by atoms with Crippen molar-refractivity contribution < 1.29 is 19.4 Å². The molecule has 0 aliphatic rings. The van der Waals surface area contributed by atoms with Crippen molar-refractivity contribution in [1.82, 2.24) is 4.57 Å². The number of aromatic nitrogens is 1. The standard InChI is InChI=1S/C21H21Cl2NO4/c1-4-28-20(25)10-15-12(2)24(21(26)13-5-7-14(22)8-6-13)18-11-17(23)19(27-3)9-16(15)18/h5-9,11,21,26H,4,10H2,1-3H3. The van der Waals surface area contributed by atoms with Gasteiger partial charge in [-0.25, -0.2) is 0 Å². The minimum atomic E-state index is -0.972. The van der Waals surface area contributed by atoms with Gasteiger partial charge in [-0.15, -0.1) is 0 Å². The average molecular weight is 422 g/mol. The van der Waals surface area contributed by atoms with Crippen LogP contribution < -0.4 is 4.74 Å². The quantitative estimate of drug-likeness (QED) is 0.574. The van der Waals surface area contributed by atoms with Gasteiger partial charge >= 0.3 is 5.97 Å². The summed E-state index contributed by atoms with van der Waals surface area (Å²) < 4.78 is 12.2. The van der Waals surface area contributed by atoms with Crippen LogP contribution >= 0.6 is 23.2 Å². The van der Waals surface area contributed by atoms with E-state index >= 15 is 0 Å². The number of carbonyl (C=O) groups is 1. The summed E-state index contributed by atoms with van der Waals surface area (Å²) in [4.78, 5) is 12.2. The van der Waals surface area contributed by atoms with Crippen LogP contribution in [0.15, 0.2) is 36.4 Å². The molecule has 3 rings (SSSR count). The molecule has 0 aliphatic carbocycles. The van der Waals surface area contributed by atoms with Crippen LogP contribution in [-0.4, -0.2) is 29.4 Å². The van der Waals surface area contributed by atoms with E-state index in [0.717, 1.165) is 16.6 Å². The average Bonchev–Trinajstić information content (AvgIpc) is 2.92. The number of nitrogens with zero attached hydrogens (tertiary/aromatic N) is 1. The van der Waals surface area contributed by atoms with E-state index in [9.17, 15) is 9.90 Å². The molecule has 148 valence electrons. The lowest BCUT2D eigenvalue weighted by molar-refractivity contribution is -0.142. The molecule has 5 nitrogen and oxygen atoms in total. The van der Waals surface area contributed by atoms with Crippen LogP contribution in [0.1, 0.15) is 30.0 Å². The van der Waals surface area contributed by atoms with Crippen LogP contribution in [0.2, 0.25) is 10.0 Å². The van der Waals surface area contributed by atoms with Crippen molar-refractivity contribution in [2.75, 3.05) is 13.7 Å². The first-order valence-electron chi connectivity index (χ1n) is 8.83. The number of aliphatic hydroxyl groups excluding tert-OH is 1. The normalized spacial score (nSPS) is 12.2. The zero-order chi connectivity index (χ0) is 20.4. The highest BCUT2D eigenvalue weighted by Crippen LogP contribution is 2.37.